The van der Waals surface area contributed by atoms with Crippen molar-refractivity contribution in [2.24, 2.45) is 0 Å². The van der Waals surface area contributed by atoms with E-state index in [9.17, 15) is 14.9 Å². The third-order valence-corrected chi connectivity index (χ3v) is 4.69. The van der Waals surface area contributed by atoms with Gasteiger partial charge in [0.15, 0.2) is 0 Å². The van der Waals surface area contributed by atoms with E-state index in [1.165, 1.54) is 6.07 Å². The van der Waals surface area contributed by atoms with Crippen LogP contribution >= 0.6 is 0 Å². The number of nitrogen functional groups attached to an aromatic ring is 1. The number of hydrogen-bond donors (Lipinski definition) is 1. The quantitative estimate of drug-likeness (QED) is 0.375. The van der Waals surface area contributed by atoms with Crippen molar-refractivity contribution in [3.8, 4) is 0 Å². The van der Waals surface area contributed by atoms with E-state index in [1.54, 1.807) is 23.5 Å². The number of nitro benzene ring substituents is 1. The number of anilines is 2. The molecule has 0 saturated carbocycles. The Balaban J connectivity index is 1.80. The van der Waals surface area contributed by atoms with Gasteiger partial charge in [-0.25, -0.2) is 4.98 Å². The monoisotopic (exact) mass is 343 g/mol. The number of aryl methyl sites for hydroxylation is 1. The summed E-state index contributed by atoms with van der Waals surface area (Å²) in [5.74, 6) is -0.0509. The van der Waals surface area contributed by atoms with Gasteiger partial charge in [-0.2, -0.15) is 0 Å². The molecule has 1 aromatic carbocycles. The summed E-state index contributed by atoms with van der Waals surface area (Å²) in [6.07, 6.45) is 7.05. The number of benzene rings is 1. The second kappa shape index (κ2) is 6.19. The molecule has 0 fully saturated rings. The lowest BCUT2D eigenvalue weighted by atomic mass is 9.86. The molecule has 0 saturated heterocycles. The van der Waals surface area contributed by atoms with Crippen molar-refractivity contribution in [2.75, 3.05) is 17.2 Å². The van der Waals surface area contributed by atoms with Gasteiger partial charge in [0, 0.05) is 31.5 Å². The number of amides is 1. The normalized spacial score (nSPS) is 15.4. The van der Waals surface area contributed by atoms with E-state index in [0.29, 0.717) is 12.2 Å². The summed E-state index contributed by atoms with van der Waals surface area (Å²) in [5, 5.41) is 11.2. The molecular formula is C17H21N5O3. The predicted molar refractivity (Wildman–Crippen MR) is 94.3 cm³/mol. The molecule has 1 aliphatic heterocycles. The molecule has 1 amide bonds. The molecule has 2 heterocycles. The van der Waals surface area contributed by atoms with Crippen LogP contribution in [0.4, 0.5) is 17.1 Å². The van der Waals surface area contributed by atoms with Gasteiger partial charge in [0.2, 0.25) is 5.91 Å². The zero-order valence-corrected chi connectivity index (χ0v) is 14.3. The van der Waals surface area contributed by atoms with Crippen molar-refractivity contribution in [2.45, 2.75) is 38.6 Å². The highest BCUT2D eigenvalue weighted by molar-refractivity contribution is 6.08. The fourth-order valence-electron chi connectivity index (χ4n) is 3.24. The summed E-state index contributed by atoms with van der Waals surface area (Å²) in [5.41, 5.74) is 6.34. The zero-order chi connectivity index (χ0) is 18.2. The van der Waals surface area contributed by atoms with Crippen molar-refractivity contribution in [1.82, 2.24) is 9.55 Å². The zero-order valence-electron chi connectivity index (χ0n) is 14.3. The third kappa shape index (κ3) is 2.95. The van der Waals surface area contributed by atoms with Crippen LogP contribution in [-0.2, 0) is 16.8 Å². The first-order valence-corrected chi connectivity index (χ1v) is 8.18. The Morgan fingerprint density at radius 2 is 2.00 bits per heavy atom. The van der Waals surface area contributed by atoms with Gasteiger partial charge in [-0.15, -0.1) is 0 Å². The molecule has 0 spiro atoms. The number of fused-ring (bicyclic) bond motifs is 1. The fourth-order valence-corrected chi connectivity index (χ4v) is 3.24. The number of hydrogen-bond acceptors (Lipinski definition) is 5. The Morgan fingerprint density at radius 3 is 2.64 bits per heavy atom. The van der Waals surface area contributed by atoms with E-state index in [0.717, 1.165) is 24.9 Å². The number of unbranched alkanes of at least 4 members (excludes halogenated alkanes) is 1. The Hall–Kier alpha value is -2.90. The van der Waals surface area contributed by atoms with E-state index in [2.05, 4.69) is 4.98 Å². The minimum absolute atomic E-state index is 0.0509. The number of nitrogens with zero attached hydrogens (tertiary/aromatic N) is 4. The summed E-state index contributed by atoms with van der Waals surface area (Å²) in [6.45, 7) is 4.99. The van der Waals surface area contributed by atoms with E-state index < -0.39 is 10.3 Å². The molecule has 1 aliphatic rings. The average Bonchev–Trinajstić information content (AvgIpc) is 3.12. The van der Waals surface area contributed by atoms with Crippen molar-refractivity contribution in [3.05, 3.63) is 46.5 Å². The van der Waals surface area contributed by atoms with Crippen molar-refractivity contribution in [1.29, 1.82) is 0 Å². The van der Waals surface area contributed by atoms with Gasteiger partial charge in [-0.3, -0.25) is 14.9 Å². The van der Waals surface area contributed by atoms with Crippen LogP contribution in [-0.4, -0.2) is 26.9 Å². The van der Waals surface area contributed by atoms with Gasteiger partial charge >= 0.3 is 0 Å². The SMILES string of the molecule is CC1(C)C(=O)N(CCCCn2ccnc2)c2cc([N+](=O)[O-])c(N)cc21. The Kier molecular flexibility index (Phi) is 4.20. The van der Waals surface area contributed by atoms with Gasteiger partial charge in [0.25, 0.3) is 5.69 Å². The van der Waals surface area contributed by atoms with E-state index >= 15 is 0 Å². The van der Waals surface area contributed by atoms with Crippen LogP contribution in [0.25, 0.3) is 0 Å². The molecular weight excluding hydrogens is 322 g/mol. The lowest BCUT2D eigenvalue weighted by molar-refractivity contribution is -0.383. The van der Waals surface area contributed by atoms with Crippen LogP contribution in [0.5, 0.6) is 0 Å². The number of aromatic nitrogens is 2. The van der Waals surface area contributed by atoms with Crippen LogP contribution < -0.4 is 10.6 Å². The number of imidazole rings is 1. The molecule has 0 radical (unpaired) electrons. The van der Waals surface area contributed by atoms with Gasteiger partial charge in [0.1, 0.15) is 5.69 Å². The van der Waals surface area contributed by atoms with Crippen molar-refractivity contribution >= 4 is 23.0 Å². The lowest BCUT2D eigenvalue weighted by Gasteiger charge is -2.20. The van der Waals surface area contributed by atoms with E-state index in [1.807, 2.05) is 24.6 Å². The molecule has 8 heteroatoms. The van der Waals surface area contributed by atoms with E-state index in [-0.39, 0.29) is 17.3 Å². The standard InChI is InChI=1S/C17H21N5O3/c1-17(2)12-9-13(18)15(22(24)25)10-14(12)21(16(17)23)7-4-3-6-20-8-5-19-11-20/h5,8-11H,3-4,6-7,18H2,1-2H3. The predicted octanol–water partition coefficient (Wildman–Crippen LogP) is 2.48. The summed E-state index contributed by atoms with van der Waals surface area (Å²) < 4.78 is 1.98. The first-order chi connectivity index (χ1) is 11.8. The van der Waals surface area contributed by atoms with Gasteiger partial charge in [-0.05, 0) is 38.3 Å². The molecule has 0 atom stereocenters. The second-order valence-corrected chi connectivity index (χ2v) is 6.77. The number of rotatable bonds is 6. The largest absolute Gasteiger partial charge is 0.393 e. The number of carbonyl (C=O) groups excluding carboxylic acids is 1. The number of carbonyl (C=O) groups is 1. The molecule has 3 rings (SSSR count). The molecule has 0 aliphatic carbocycles. The molecule has 132 valence electrons. The first kappa shape index (κ1) is 16.9. The highest BCUT2D eigenvalue weighted by atomic mass is 16.6. The maximum atomic E-state index is 12.8. The summed E-state index contributed by atoms with van der Waals surface area (Å²) in [4.78, 5) is 29.1. The molecule has 2 N–H and O–H groups in total. The Labute approximate surface area is 145 Å². The van der Waals surface area contributed by atoms with Crippen LogP contribution in [0.15, 0.2) is 30.9 Å². The van der Waals surface area contributed by atoms with Crippen molar-refractivity contribution < 1.29 is 9.72 Å². The van der Waals surface area contributed by atoms with E-state index in [4.69, 9.17) is 5.73 Å². The Morgan fingerprint density at radius 1 is 1.28 bits per heavy atom. The van der Waals surface area contributed by atoms with Gasteiger partial charge in [0.05, 0.1) is 22.4 Å². The molecule has 0 unspecified atom stereocenters. The molecule has 1 aromatic heterocycles. The summed E-state index contributed by atoms with van der Waals surface area (Å²) in [6, 6.07) is 2.99. The fraction of sp³-hybridized carbons (Fsp3) is 0.412. The highest BCUT2D eigenvalue weighted by Gasteiger charge is 2.44. The van der Waals surface area contributed by atoms with Crippen LogP contribution in [0.3, 0.4) is 0 Å². The third-order valence-electron chi connectivity index (χ3n) is 4.69. The average molecular weight is 343 g/mol. The van der Waals surface area contributed by atoms with Crippen LogP contribution in [0.1, 0.15) is 32.3 Å². The molecule has 0 bridgehead atoms. The van der Waals surface area contributed by atoms with Gasteiger partial charge in [-0.1, -0.05) is 0 Å². The van der Waals surface area contributed by atoms with Crippen LogP contribution in [0, 0.1) is 10.1 Å². The lowest BCUT2D eigenvalue weighted by Crippen LogP contribution is -2.36. The number of nitro groups is 1. The van der Waals surface area contributed by atoms with Gasteiger partial charge < -0.3 is 15.2 Å². The summed E-state index contributed by atoms with van der Waals surface area (Å²) in [7, 11) is 0. The highest BCUT2D eigenvalue weighted by Crippen LogP contribution is 2.45. The second-order valence-electron chi connectivity index (χ2n) is 6.77. The summed E-state index contributed by atoms with van der Waals surface area (Å²) >= 11 is 0. The maximum Gasteiger partial charge on any atom is 0.294 e. The minimum atomic E-state index is -0.733. The Bertz CT molecular complexity index is 814. The first-order valence-electron chi connectivity index (χ1n) is 8.18. The molecule has 2 aromatic rings. The molecule has 8 nitrogen and oxygen atoms in total. The smallest absolute Gasteiger partial charge is 0.294 e. The van der Waals surface area contributed by atoms with Crippen molar-refractivity contribution in [3.63, 3.8) is 0 Å². The maximum absolute atomic E-state index is 12.8. The van der Waals surface area contributed by atoms with Crippen LogP contribution in [0.2, 0.25) is 0 Å². The number of nitrogens with two attached hydrogens (primary N) is 1. The molecule has 25 heavy (non-hydrogen) atoms. The topological polar surface area (TPSA) is 107 Å². The minimum Gasteiger partial charge on any atom is -0.393 e.